The molecule has 3 aliphatic rings. The fourth-order valence-corrected chi connectivity index (χ4v) is 6.93. The van der Waals surface area contributed by atoms with E-state index in [0.717, 1.165) is 41.0 Å². The number of carboxylic acid groups (broad SMARTS) is 1. The Morgan fingerprint density at radius 3 is 2.17 bits per heavy atom. The summed E-state index contributed by atoms with van der Waals surface area (Å²) in [6.45, 7) is 0.204. The van der Waals surface area contributed by atoms with Crippen molar-refractivity contribution in [1.82, 2.24) is 19.7 Å². The molecule has 2 aromatic heterocycles. The molecule has 2 heterocycles. The van der Waals surface area contributed by atoms with Crippen molar-refractivity contribution in [1.29, 1.82) is 0 Å². The molecule has 0 saturated heterocycles. The number of Topliss-reactive ketones (excluding diaryl/α,β-unsaturated/α-hetero) is 1. The summed E-state index contributed by atoms with van der Waals surface area (Å²) in [5, 5.41) is 13.2. The van der Waals surface area contributed by atoms with Gasteiger partial charge in [-0.2, -0.15) is 18.3 Å². The van der Waals surface area contributed by atoms with E-state index in [1.54, 1.807) is 6.92 Å². The van der Waals surface area contributed by atoms with Crippen LogP contribution in [0.4, 0.5) is 17.6 Å². The highest BCUT2D eigenvalue weighted by Gasteiger charge is 2.62. The minimum atomic E-state index is -5.01. The number of carboxylic acids is 1. The van der Waals surface area contributed by atoms with Crippen LogP contribution in [0.1, 0.15) is 90.7 Å². The van der Waals surface area contributed by atoms with Crippen molar-refractivity contribution >= 4 is 40.9 Å². The van der Waals surface area contributed by atoms with Gasteiger partial charge in [-0.1, -0.05) is 23.2 Å². The molecule has 41 heavy (non-hydrogen) atoms. The van der Waals surface area contributed by atoms with Gasteiger partial charge >= 0.3 is 12.1 Å². The Labute approximate surface area is 243 Å². The summed E-state index contributed by atoms with van der Waals surface area (Å²) in [6.07, 6.45) is 0.600. The molecule has 0 bridgehead atoms. The lowest BCUT2D eigenvalue weighted by Crippen LogP contribution is -2.52. The maximum Gasteiger partial charge on any atom is 0.433 e. The highest BCUT2D eigenvalue weighted by molar-refractivity contribution is 6.39. The Bertz CT molecular complexity index is 1370. The first kappa shape index (κ1) is 29.8. The van der Waals surface area contributed by atoms with Gasteiger partial charge in [0.15, 0.2) is 11.5 Å². The first-order valence-electron chi connectivity index (χ1n) is 13.3. The summed E-state index contributed by atoms with van der Waals surface area (Å²) in [7, 11) is 0. The molecule has 5 rings (SSSR count). The number of nitrogens with zero attached hydrogens (tertiary/aromatic N) is 4. The molecule has 2 aromatic rings. The van der Waals surface area contributed by atoms with Gasteiger partial charge in [0.1, 0.15) is 5.67 Å². The summed E-state index contributed by atoms with van der Waals surface area (Å²) < 4.78 is 59.8. The molecule has 222 valence electrons. The average Bonchev–Trinajstić information content (AvgIpc) is 3.48. The quantitative estimate of drug-likeness (QED) is 0.270. The molecule has 1 spiro atoms. The molecule has 0 aliphatic heterocycles. The van der Waals surface area contributed by atoms with Gasteiger partial charge in [0.2, 0.25) is 0 Å². The maximum absolute atomic E-state index is 15.7. The SMILES string of the molecule is C[C@]1(C(=O)O)CC[C@H](n2ncc(C(=O)N(CC(=O)c3c(Cl)cncc3Cl)CC3(F)CC4(CC4)C3)c2C(F)(F)F)CC1. The van der Waals surface area contributed by atoms with Crippen LogP contribution < -0.4 is 0 Å². The number of alkyl halides is 4. The van der Waals surface area contributed by atoms with Crippen molar-refractivity contribution in [3.05, 3.63) is 45.5 Å². The van der Waals surface area contributed by atoms with Crippen LogP contribution in [0.5, 0.6) is 0 Å². The molecule has 1 amide bonds. The minimum Gasteiger partial charge on any atom is -0.481 e. The second-order valence-electron chi connectivity index (χ2n) is 12.0. The third-order valence-corrected chi connectivity index (χ3v) is 9.36. The number of aromatic nitrogens is 3. The molecule has 0 aromatic carbocycles. The zero-order valence-corrected chi connectivity index (χ0v) is 23.6. The summed E-state index contributed by atoms with van der Waals surface area (Å²) in [4.78, 5) is 43.1. The number of halogens is 6. The van der Waals surface area contributed by atoms with Gasteiger partial charge in [0, 0.05) is 12.4 Å². The predicted octanol–water partition coefficient (Wildman–Crippen LogP) is 6.42. The van der Waals surface area contributed by atoms with Crippen molar-refractivity contribution < 1.29 is 37.1 Å². The van der Waals surface area contributed by atoms with E-state index >= 15 is 4.39 Å². The number of carbonyl (C=O) groups excluding carboxylic acids is 2. The van der Waals surface area contributed by atoms with Gasteiger partial charge in [-0.05, 0) is 63.7 Å². The monoisotopic (exact) mass is 618 g/mol. The summed E-state index contributed by atoms with van der Waals surface area (Å²) >= 11 is 12.2. The Morgan fingerprint density at radius 2 is 1.66 bits per heavy atom. The third-order valence-electron chi connectivity index (χ3n) is 8.78. The number of ketones is 1. The smallest absolute Gasteiger partial charge is 0.433 e. The summed E-state index contributed by atoms with van der Waals surface area (Å²) in [5.41, 5.74) is -5.34. The lowest BCUT2D eigenvalue weighted by Gasteiger charge is -2.44. The van der Waals surface area contributed by atoms with E-state index in [2.05, 4.69) is 10.1 Å². The number of aliphatic carboxylic acids is 1. The van der Waals surface area contributed by atoms with E-state index in [9.17, 15) is 32.7 Å². The highest BCUT2D eigenvalue weighted by Crippen LogP contribution is 2.66. The van der Waals surface area contributed by atoms with Crippen molar-refractivity contribution in [2.75, 3.05) is 13.1 Å². The predicted molar refractivity (Wildman–Crippen MR) is 140 cm³/mol. The lowest BCUT2D eigenvalue weighted by atomic mass is 9.69. The number of carbonyl (C=O) groups is 3. The van der Waals surface area contributed by atoms with Crippen molar-refractivity contribution in [3.8, 4) is 0 Å². The average molecular weight is 619 g/mol. The second kappa shape index (κ2) is 10.2. The zero-order chi connectivity index (χ0) is 30.0. The Kier molecular flexibility index (Phi) is 7.41. The summed E-state index contributed by atoms with van der Waals surface area (Å²) in [5.74, 6) is -3.00. The number of hydrogen-bond donors (Lipinski definition) is 1. The molecule has 3 saturated carbocycles. The largest absolute Gasteiger partial charge is 0.481 e. The van der Waals surface area contributed by atoms with Crippen LogP contribution in [0.15, 0.2) is 18.6 Å². The van der Waals surface area contributed by atoms with E-state index < -0.39 is 65.3 Å². The molecule has 0 radical (unpaired) electrons. The highest BCUT2D eigenvalue weighted by atomic mass is 35.5. The van der Waals surface area contributed by atoms with Gasteiger partial charge in [0.25, 0.3) is 5.91 Å². The van der Waals surface area contributed by atoms with Gasteiger partial charge in [-0.3, -0.25) is 24.0 Å². The molecule has 1 N–H and O–H groups in total. The molecular weight excluding hydrogens is 591 g/mol. The van der Waals surface area contributed by atoms with Crippen molar-refractivity contribution in [3.63, 3.8) is 0 Å². The first-order valence-corrected chi connectivity index (χ1v) is 14.0. The van der Waals surface area contributed by atoms with Crippen LogP contribution in [0.3, 0.4) is 0 Å². The topological polar surface area (TPSA) is 105 Å². The summed E-state index contributed by atoms with van der Waals surface area (Å²) in [6, 6.07) is -0.793. The van der Waals surface area contributed by atoms with Crippen molar-refractivity contribution in [2.24, 2.45) is 10.8 Å². The van der Waals surface area contributed by atoms with Gasteiger partial charge in [0.05, 0.1) is 51.9 Å². The van der Waals surface area contributed by atoms with E-state index in [0.29, 0.717) is 0 Å². The first-order chi connectivity index (χ1) is 19.1. The molecule has 3 fully saturated rings. The van der Waals surface area contributed by atoms with Crippen molar-refractivity contribution in [2.45, 2.75) is 76.2 Å². The molecule has 3 aliphatic carbocycles. The Morgan fingerprint density at radius 1 is 1.07 bits per heavy atom. The Balaban J connectivity index is 1.46. The maximum atomic E-state index is 15.7. The number of rotatable bonds is 8. The normalized spacial score (nSPS) is 24.5. The molecule has 8 nitrogen and oxygen atoms in total. The van der Waals surface area contributed by atoms with Crippen LogP contribution in [-0.4, -0.2) is 61.2 Å². The minimum absolute atomic E-state index is 0.109. The molecule has 0 unspecified atom stereocenters. The second-order valence-corrected chi connectivity index (χ2v) is 12.8. The molecular formula is C27H28Cl2F4N4O4. The standard InChI is InChI=1S/C27H28Cl2F4N4O4/c1-24(23(40)41)4-2-15(3-5-24)37-21(27(31,32)33)16(8-35-37)22(39)36(14-26(30)12-25(13-26)6-7-25)11-19(38)20-17(28)9-34-10-18(20)29/h8-10,15H,2-7,11-14H2,1H3,(H,40,41)/t15-,24-. The van der Waals surface area contributed by atoms with Crippen LogP contribution in [0.25, 0.3) is 0 Å². The van der Waals surface area contributed by atoms with Gasteiger partial charge < -0.3 is 10.0 Å². The van der Waals surface area contributed by atoms with E-state index in [-0.39, 0.29) is 59.5 Å². The van der Waals surface area contributed by atoms with Crippen LogP contribution in [-0.2, 0) is 11.0 Å². The number of pyridine rings is 1. The van der Waals surface area contributed by atoms with Crippen LogP contribution >= 0.6 is 23.2 Å². The van der Waals surface area contributed by atoms with E-state index in [1.165, 1.54) is 0 Å². The van der Waals surface area contributed by atoms with Crippen LogP contribution in [0, 0.1) is 10.8 Å². The van der Waals surface area contributed by atoms with Crippen LogP contribution in [0.2, 0.25) is 10.0 Å². The number of amides is 1. The third kappa shape index (κ3) is 5.69. The molecule has 0 atom stereocenters. The lowest BCUT2D eigenvalue weighted by molar-refractivity contribution is -0.152. The fourth-order valence-electron chi connectivity index (χ4n) is 6.35. The van der Waals surface area contributed by atoms with Gasteiger partial charge in [-0.15, -0.1) is 0 Å². The van der Waals surface area contributed by atoms with Gasteiger partial charge in [-0.25, -0.2) is 4.39 Å². The fraction of sp³-hybridized carbons (Fsp3) is 0.593. The van der Waals surface area contributed by atoms with E-state index in [1.807, 2.05) is 0 Å². The molecule has 14 heteroatoms. The zero-order valence-electron chi connectivity index (χ0n) is 22.1. The number of hydrogen-bond acceptors (Lipinski definition) is 5. The Hall–Kier alpha value is -2.73. The van der Waals surface area contributed by atoms with E-state index in [4.69, 9.17) is 23.2 Å².